The quantitative estimate of drug-likeness (QED) is 0.734. The highest BCUT2D eigenvalue weighted by atomic mass is 19.4. The average molecular weight is 402 g/mol. The Balaban J connectivity index is 1.54. The predicted octanol–water partition coefficient (Wildman–Crippen LogP) is 4.27. The molecule has 152 valence electrons. The van der Waals surface area contributed by atoms with Crippen molar-refractivity contribution >= 4 is 17.9 Å². The van der Waals surface area contributed by atoms with Gasteiger partial charge in [-0.15, -0.1) is 0 Å². The summed E-state index contributed by atoms with van der Waals surface area (Å²) in [4.78, 5) is 25.7. The minimum atomic E-state index is -4.38. The van der Waals surface area contributed by atoms with Crippen molar-refractivity contribution in [1.82, 2.24) is 10.2 Å². The number of nitrogens with one attached hydrogen (secondary N) is 1. The normalized spacial score (nSPS) is 14.1. The molecule has 29 heavy (non-hydrogen) atoms. The number of hydrogen-bond donors (Lipinski definition) is 1. The summed E-state index contributed by atoms with van der Waals surface area (Å²) in [5, 5.41) is 2.92. The molecule has 1 N–H and O–H groups in total. The lowest BCUT2D eigenvalue weighted by Crippen LogP contribution is -2.26. The van der Waals surface area contributed by atoms with Crippen molar-refractivity contribution in [3.05, 3.63) is 76.9 Å². The molecule has 4 nitrogen and oxygen atoms in total. The summed E-state index contributed by atoms with van der Waals surface area (Å²) in [6, 6.07) is 11.9. The van der Waals surface area contributed by atoms with Crippen molar-refractivity contribution < 1.29 is 22.8 Å². The first-order chi connectivity index (χ1) is 13.7. The molecule has 2 amide bonds. The van der Waals surface area contributed by atoms with Crippen LogP contribution >= 0.6 is 0 Å². The Hall–Kier alpha value is -3.09. The van der Waals surface area contributed by atoms with E-state index in [2.05, 4.69) is 5.32 Å². The molecule has 0 saturated heterocycles. The molecule has 2 aromatic carbocycles. The molecular weight excluding hydrogens is 381 g/mol. The zero-order valence-electron chi connectivity index (χ0n) is 15.9. The molecule has 1 saturated carbocycles. The van der Waals surface area contributed by atoms with Gasteiger partial charge in [0.2, 0.25) is 5.91 Å². The number of likely N-dealkylation sites (N-methyl/N-ethyl adjacent to an activating group) is 1. The molecule has 1 aliphatic rings. The number of benzene rings is 2. The van der Waals surface area contributed by atoms with Crippen molar-refractivity contribution in [2.24, 2.45) is 0 Å². The van der Waals surface area contributed by atoms with Crippen LogP contribution in [0.3, 0.4) is 0 Å². The molecule has 0 spiro atoms. The molecule has 0 aromatic heterocycles. The number of alkyl halides is 3. The van der Waals surface area contributed by atoms with E-state index in [-0.39, 0.29) is 11.8 Å². The Morgan fingerprint density at radius 3 is 2.24 bits per heavy atom. The van der Waals surface area contributed by atoms with E-state index in [1.165, 1.54) is 29.2 Å². The summed E-state index contributed by atoms with van der Waals surface area (Å²) >= 11 is 0. The third-order valence-corrected chi connectivity index (χ3v) is 4.58. The van der Waals surface area contributed by atoms with E-state index < -0.39 is 11.7 Å². The first-order valence-corrected chi connectivity index (χ1v) is 9.22. The third-order valence-electron chi connectivity index (χ3n) is 4.58. The van der Waals surface area contributed by atoms with Crippen LogP contribution in [0.25, 0.3) is 6.08 Å². The SMILES string of the molecule is CN(Cc1ccc(C(=O)NC2CC2)cc1)C(=O)/C=C/c1ccc(C(F)(F)F)cc1. The minimum Gasteiger partial charge on any atom is -0.349 e. The van der Waals surface area contributed by atoms with E-state index in [4.69, 9.17) is 0 Å². The van der Waals surface area contributed by atoms with Crippen LogP contribution in [0.5, 0.6) is 0 Å². The van der Waals surface area contributed by atoms with Crippen molar-refractivity contribution in [3.8, 4) is 0 Å². The van der Waals surface area contributed by atoms with E-state index in [0.717, 1.165) is 30.5 Å². The molecular formula is C22H21F3N2O2. The van der Waals surface area contributed by atoms with E-state index in [0.29, 0.717) is 23.7 Å². The monoisotopic (exact) mass is 402 g/mol. The van der Waals surface area contributed by atoms with Gasteiger partial charge in [0.1, 0.15) is 0 Å². The highest BCUT2D eigenvalue weighted by molar-refractivity contribution is 5.94. The number of hydrogen-bond acceptors (Lipinski definition) is 2. The Morgan fingerprint density at radius 2 is 1.69 bits per heavy atom. The van der Waals surface area contributed by atoms with Crippen LogP contribution in [-0.4, -0.2) is 29.8 Å². The Kier molecular flexibility index (Phi) is 6.06. The first kappa shape index (κ1) is 20.6. The van der Waals surface area contributed by atoms with Gasteiger partial charge in [0, 0.05) is 31.3 Å². The molecule has 0 atom stereocenters. The fraction of sp³-hybridized carbons (Fsp3) is 0.273. The van der Waals surface area contributed by atoms with Gasteiger partial charge in [0.05, 0.1) is 5.56 Å². The molecule has 7 heteroatoms. The van der Waals surface area contributed by atoms with Crippen LogP contribution < -0.4 is 5.32 Å². The molecule has 0 bridgehead atoms. The molecule has 0 radical (unpaired) electrons. The number of rotatable bonds is 6. The van der Waals surface area contributed by atoms with Crippen LogP contribution in [0.15, 0.2) is 54.6 Å². The molecule has 0 aliphatic heterocycles. The fourth-order valence-corrected chi connectivity index (χ4v) is 2.69. The predicted molar refractivity (Wildman–Crippen MR) is 104 cm³/mol. The maximum Gasteiger partial charge on any atom is 0.416 e. The Morgan fingerprint density at radius 1 is 1.07 bits per heavy atom. The lowest BCUT2D eigenvalue weighted by Gasteiger charge is -2.15. The van der Waals surface area contributed by atoms with E-state index in [1.54, 1.807) is 31.3 Å². The van der Waals surface area contributed by atoms with E-state index >= 15 is 0 Å². The van der Waals surface area contributed by atoms with Crippen LogP contribution in [0, 0.1) is 0 Å². The fourth-order valence-electron chi connectivity index (χ4n) is 2.69. The van der Waals surface area contributed by atoms with Crippen molar-refractivity contribution in [1.29, 1.82) is 0 Å². The summed E-state index contributed by atoms with van der Waals surface area (Å²) < 4.78 is 37.7. The van der Waals surface area contributed by atoms with Gasteiger partial charge in [-0.2, -0.15) is 13.2 Å². The van der Waals surface area contributed by atoms with Gasteiger partial charge < -0.3 is 10.2 Å². The van der Waals surface area contributed by atoms with Crippen molar-refractivity contribution in [3.63, 3.8) is 0 Å². The number of halogens is 3. The molecule has 1 fully saturated rings. The van der Waals surface area contributed by atoms with Gasteiger partial charge in [0.15, 0.2) is 0 Å². The summed E-state index contributed by atoms with van der Waals surface area (Å²) in [7, 11) is 1.63. The molecule has 1 aliphatic carbocycles. The Bertz CT molecular complexity index is 899. The number of amides is 2. The van der Waals surface area contributed by atoms with Crippen LogP contribution in [-0.2, 0) is 17.5 Å². The minimum absolute atomic E-state index is 0.0945. The van der Waals surface area contributed by atoms with Crippen LogP contribution in [0.4, 0.5) is 13.2 Å². The molecule has 0 heterocycles. The lowest BCUT2D eigenvalue weighted by molar-refractivity contribution is -0.137. The summed E-state index contributed by atoms with van der Waals surface area (Å²) in [6.07, 6.45) is 0.462. The standard InChI is InChI=1S/C22H21F3N2O2/c1-27(14-16-2-7-17(8-3-16)21(29)26-19-11-12-19)20(28)13-6-15-4-9-18(10-5-15)22(23,24)25/h2-10,13,19H,11-12,14H2,1H3,(H,26,29)/b13-6+. The van der Waals surface area contributed by atoms with Gasteiger partial charge in [0.25, 0.3) is 5.91 Å². The number of carbonyl (C=O) groups excluding carboxylic acids is 2. The zero-order chi connectivity index (χ0) is 21.0. The summed E-state index contributed by atoms with van der Waals surface area (Å²) in [5.41, 5.74) is 1.22. The van der Waals surface area contributed by atoms with Crippen molar-refractivity contribution in [2.75, 3.05) is 7.05 Å². The van der Waals surface area contributed by atoms with Gasteiger partial charge in [-0.1, -0.05) is 24.3 Å². The molecule has 0 unspecified atom stereocenters. The van der Waals surface area contributed by atoms with Crippen LogP contribution in [0.1, 0.15) is 39.9 Å². The topological polar surface area (TPSA) is 49.4 Å². The first-order valence-electron chi connectivity index (χ1n) is 9.22. The van der Waals surface area contributed by atoms with E-state index in [9.17, 15) is 22.8 Å². The van der Waals surface area contributed by atoms with Gasteiger partial charge in [-0.25, -0.2) is 0 Å². The number of nitrogens with zero attached hydrogens (tertiary/aromatic N) is 1. The van der Waals surface area contributed by atoms with Crippen LogP contribution in [0.2, 0.25) is 0 Å². The van der Waals surface area contributed by atoms with E-state index in [1.807, 2.05) is 0 Å². The second-order valence-corrected chi connectivity index (χ2v) is 7.09. The third kappa shape index (κ3) is 5.94. The van der Waals surface area contributed by atoms with Crippen molar-refractivity contribution in [2.45, 2.75) is 31.6 Å². The lowest BCUT2D eigenvalue weighted by atomic mass is 10.1. The highest BCUT2D eigenvalue weighted by Crippen LogP contribution is 2.29. The van der Waals surface area contributed by atoms with Gasteiger partial charge >= 0.3 is 6.18 Å². The van der Waals surface area contributed by atoms with Gasteiger partial charge in [-0.3, -0.25) is 9.59 Å². The highest BCUT2D eigenvalue weighted by Gasteiger charge is 2.29. The average Bonchev–Trinajstić information content (AvgIpc) is 3.50. The second-order valence-electron chi connectivity index (χ2n) is 7.09. The zero-order valence-corrected chi connectivity index (χ0v) is 15.9. The molecule has 2 aromatic rings. The van der Waals surface area contributed by atoms with Gasteiger partial charge in [-0.05, 0) is 54.3 Å². The summed E-state index contributed by atoms with van der Waals surface area (Å²) in [6.45, 7) is 0.348. The maximum atomic E-state index is 12.6. The molecule has 3 rings (SSSR count). The number of carbonyl (C=O) groups is 2. The smallest absolute Gasteiger partial charge is 0.349 e. The largest absolute Gasteiger partial charge is 0.416 e. The maximum absolute atomic E-state index is 12.6. The second kappa shape index (κ2) is 8.51. The Labute approximate surface area is 167 Å². The summed E-state index contributed by atoms with van der Waals surface area (Å²) in [5.74, 6) is -0.372.